The highest BCUT2D eigenvalue weighted by Crippen LogP contribution is 2.26. The second kappa shape index (κ2) is 8.14. The summed E-state index contributed by atoms with van der Waals surface area (Å²) in [4.78, 5) is 18.3. The van der Waals surface area contributed by atoms with E-state index >= 15 is 0 Å². The highest BCUT2D eigenvalue weighted by molar-refractivity contribution is 5.74. The quantitative estimate of drug-likeness (QED) is 0.896. The van der Waals surface area contributed by atoms with E-state index in [1.165, 1.54) is 32.1 Å². The number of rotatable bonds is 5. The summed E-state index contributed by atoms with van der Waals surface area (Å²) >= 11 is 0. The summed E-state index contributed by atoms with van der Waals surface area (Å²) in [6.45, 7) is 2.48. The highest BCUT2D eigenvalue weighted by Gasteiger charge is 2.23. The Hall–Kier alpha value is -2.37. The third-order valence-corrected chi connectivity index (χ3v) is 4.93. The Balaban J connectivity index is 1.54. The summed E-state index contributed by atoms with van der Waals surface area (Å²) in [5.74, 6) is 1.23. The molecule has 0 spiro atoms. The molecule has 1 saturated carbocycles. The molecular weight excluding hydrogens is 316 g/mol. The van der Waals surface area contributed by atoms with Crippen LogP contribution in [0.1, 0.15) is 44.8 Å². The number of carbonyl (C=O) groups is 1. The summed E-state index contributed by atoms with van der Waals surface area (Å²) in [5.41, 5.74) is 1.44. The van der Waals surface area contributed by atoms with Crippen molar-refractivity contribution < 1.29 is 9.32 Å². The predicted octanol–water partition coefficient (Wildman–Crippen LogP) is 3.85. The summed E-state index contributed by atoms with van der Waals surface area (Å²) < 4.78 is 5.35. The van der Waals surface area contributed by atoms with Gasteiger partial charge in [0.05, 0.1) is 12.2 Å². The van der Waals surface area contributed by atoms with Crippen LogP contribution in [0.25, 0.3) is 11.4 Å². The molecule has 0 aromatic carbocycles. The molecule has 6 heteroatoms. The van der Waals surface area contributed by atoms with E-state index in [9.17, 15) is 4.79 Å². The number of amides is 2. The molecule has 1 fully saturated rings. The molecule has 2 aromatic heterocycles. The van der Waals surface area contributed by atoms with Gasteiger partial charge in [0.25, 0.3) is 0 Å². The molecule has 134 valence electrons. The van der Waals surface area contributed by atoms with Gasteiger partial charge in [-0.25, -0.2) is 4.79 Å². The zero-order valence-electron chi connectivity index (χ0n) is 14.9. The van der Waals surface area contributed by atoms with E-state index in [2.05, 4.69) is 22.4 Å². The molecule has 1 atom stereocenters. The minimum Gasteiger partial charge on any atom is -0.359 e. The largest absolute Gasteiger partial charge is 0.359 e. The Morgan fingerprint density at radius 1 is 1.32 bits per heavy atom. The topological polar surface area (TPSA) is 71.3 Å². The monoisotopic (exact) mass is 342 g/mol. The fraction of sp³-hybridized carbons (Fsp3) is 0.526. The Morgan fingerprint density at radius 2 is 2.12 bits per heavy atom. The Bertz CT molecular complexity index is 680. The van der Waals surface area contributed by atoms with Crippen molar-refractivity contribution in [1.29, 1.82) is 0 Å². The Labute approximate surface area is 148 Å². The van der Waals surface area contributed by atoms with Gasteiger partial charge in [-0.15, -0.1) is 0 Å². The fourth-order valence-electron chi connectivity index (χ4n) is 3.39. The second-order valence-corrected chi connectivity index (χ2v) is 6.89. The first-order valence-electron chi connectivity index (χ1n) is 9.02. The van der Waals surface area contributed by atoms with Crippen molar-refractivity contribution in [3.63, 3.8) is 0 Å². The number of nitrogens with one attached hydrogen (secondary N) is 1. The van der Waals surface area contributed by atoms with E-state index in [-0.39, 0.29) is 12.1 Å². The molecule has 6 nitrogen and oxygen atoms in total. The average Bonchev–Trinajstić information content (AvgIpc) is 3.11. The lowest BCUT2D eigenvalue weighted by molar-refractivity contribution is 0.188. The number of pyridine rings is 1. The van der Waals surface area contributed by atoms with E-state index in [1.54, 1.807) is 18.1 Å². The van der Waals surface area contributed by atoms with E-state index in [0.29, 0.717) is 23.9 Å². The second-order valence-electron chi connectivity index (χ2n) is 6.89. The fourth-order valence-corrected chi connectivity index (χ4v) is 3.39. The molecule has 0 saturated heterocycles. The first kappa shape index (κ1) is 17.5. The van der Waals surface area contributed by atoms with Crippen molar-refractivity contribution in [2.75, 3.05) is 7.05 Å². The van der Waals surface area contributed by atoms with Crippen LogP contribution in [0.2, 0.25) is 0 Å². The van der Waals surface area contributed by atoms with E-state index in [1.807, 2.05) is 24.3 Å². The van der Waals surface area contributed by atoms with Crippen LogP contribution < -0.4 is 5.32 Å². The molecule has 2 aromatic rings. The van der Waals surface area contributed by atoms with Crippen molar-refractivity contribution >= 4 is 6.03 Å². The van der Waals surface area contributed by atoms with Crippen LogP contribution in [0, 0.1) is 5.92 Å². The number of urea groups is 1. The van der Waals surface area contributed by atoms with Crippen molar-refractivity contribution in [2.24, 2.45) is 5.92 Å². The van der Waals surface area contributed by atoms with E-state index in [4.69, 9.17) is 4.52 Å². The standard InChI is InChI=1S/C19H26N4O2/c1-14(15-8-4-3-5-9-15)21-19(24)23(2)13-16-12-18(22-25-16)17-10-6-7-11-20-17/h6-7,10-12,14-15H,3-5,8-9,13H2,1-2H3,(H,21,24)/t14-/m1/s1. The first-order valence-corrected chi connectivity index (χ1v) is 9.02. The molecular formula is C19H26N4O2. The third-order valence-electron chi connectivity index (χ3n) is 4.93. The van der Waals surface area contributed by atoms with Crippen molar-refractivity contribution in [1.82, 2.24) is 20.4 Å². The lowest BCUT2D eigenvalue weighted by atomic mass is 9.84. The smallest absolute Gasteiger partial charge is 0.317 e. The highest BCUT2D eigenvalue weighted by atomic mass is 16.5. The van der Waals surface area contributed by atoms with Crippen LogP contribution in [-0.4, -0.2) is 34.2 Å². The van der Waals surface area contributed by atoms with Crippen LogP contribution in [0.15, 0.2) is 35.0 Å². The minimum atomic E-state index is -0.0751. The Kier molecular flexibility index (Phi) is 5.68. The van der Waals surface area contributed by atoms with Gasteiger partial charge in [0.2, 0.25) is 0 Å². The summed E-state index contributed by atoms with van der Waals surface area (Å²) in [6, 6.07) is 7.60. The summed E-state index contributed by atoms with van der Waals surface area (Å²) in [7, 11) is 1.77. The maximum Gasteiger partial charge on any atom is 0.317 e. The van der Waals surface area contributed by atoms with Gasteiger partial charge >= 0.3 is 6.03 Å². The van der Waals surface area contributed by atoms with E-state index < -0.39 is 0 Å². The van der Waals surface area contributed by atoms with Gasteiger partial charge in [-0.2, -0.15) is 0 Å². The molecule has 0 radical (unpaired) electrons. The zero-order chi connectivity index (χ0) is 17.6. The lowest BCUT2D eigenvalue weighted by Gasteiger charge is -2.29. The van der Waals surface area contributed by atoms with Gasteiger partial charge in [0.15, 0.2) is 5.76 Å². The molecule has 0 bridgehead atoms. The van der Waals surface area contributed by atoms with Crippen LogP contribution in [0.3, 0.4) is 0 Å². The van der Waals surface area contributed by atoms with Crippen LogP contribution >= 0.6 is 0 Å². The average molecular weight is 342 g/mol. The van der Waals surface area contributed by atoms with Gasteiger partial charge in [0, 0.05) is 25.4 Å². The zero-order valence-corrected chi connectivity index (χ0v) is 14.9. The SMILES string of the molecule is C[C@@H](NC(=O)N(C)Cc1cc(-c2ccccn2)no1)C1CCCCC1. The minimum absolute atomic E-state index is 0.0751. The van der Waals surface area contributed by atoms with Gasteiger partial charge in [-0.3, -0.25) is 4.98 Å². The molecule has 1 aliphatic rings. The Morgan fingerprint density at radius 3 is 2.84 bits per heavy atom. The molecule has 0 unspecified atom stereocenters. The molecule has 0 aliphatic heterocycles. The molecule has 3 rings (SSSR count). The van der Waals surface area contributed by atoms with Gasteiger partial charge in [-0.05, 0) is 37.8 Å². The first-order chi connectivity index (χ1) is 12.1. The summed E-state index contributed by atoms with van der Waals surface area (Å²) in [6.07, 6.45) is 8.00. The normalized spacial score (nSPS) is 16.4. The summed E-state index contributed by atoms with van der Waals surface area (Å²) in [5, 5.41) is 7.16. The molecule has 1 aliphatic carbocycles. The number of nitrogens with zero attached hydrogens (tertiary/aromatic N) is 3. The van der Waals surface area contributed by atoms with E-state index in [0.717, 1.165) is 5.69 Å². The van der Waals surface area contributed by atoms with Crippen molar-refractivity contribution in [2.45, 2.75) is 51.6 Å². The number of carbonyl (C=O) groups excluding carboxylic acids is 1. The lowest BCUT2D eigenvalue weighted by Crippen LogP contribution is -2.44. The molecule has 2 amide bonds. The molecule has 2 heterocycles. The molecule has 1 N–H and O–H groups in total. The predicted molar refractivity (Wildman–Crippen MR) is 95.8 cm³/mol. The van der Waals surface area contributed by atoms with Crippen LogP contribution in [-0.2, 0) is 6.54 Å². The number of hydrogen-bond acceptors (Lipinski definition) is 4. The van der Waals surface area contributed by atoms with Gasteiger partial charge < -0.3 is 14.7 Å². The number of aromatic nitrogens is 2. The maximum absolute atomic E-state index is 12.4. The maximum atomic E-state index is 12.4. The molecule has 25 heavy (non-hydrogen) atoms. The van der Waals surface area contributed by atoms with Crippen molar-refractivity contribution in [3.8, 4) is 11.4 Å². The van der Waals surface area contributed by atoms with Gasteiger partial charge in [-0.1, -0.05) is 30.5 Å². The van der Waals surface area contributed by atoms with Crippen LogP contribution in [0.5, 0.6) is 0 Å². The van der Waals surface area contributed by atoms with Crippen LogP contribution in [0.4, 0.5) is 4.79 Å². The van der Waals surface area contributed by atoms with Crippen molar-refractivity contribution in [3.05, 3.63) is 36.2 Å². The number of hydrogen-bond donors (Lipinski definition) is 1. The van der Waals surface area contributed by atoms with Gasteiger partial charge in [0.1, 0.15) is 5.69 Å². The third kappa shape index (κ3) is 4.59.